The lowest BCUT2D eigenvalue weighted by atomic mass is 9.91. The molecular weight excluding hydrogens is 424 g/mol. The summed E-state index contributed by atoms with van der Waals surface area (Å²) in [6.45, 7) is 3.40. The van der Waals surface area contributed by atoms with Crippen molar-refractivity contribution in [3.63, 3.8) is 0 Å². The van der Waals surface area contributed by atoms with Crippen LogP contribution in [0.1, 0.15) is 61.0 Å². The summed E-state index contributed by atoms with van der Waals surface area (Å²) in [5.74, 6) is 0.517. The van der Waals surface area contributed by atoms with Crippen LogP contribution in [0.5, 0.6) is 17.2 Å². The maximum atomic E-state index is 11.8. The molecule has 0 unspecified atom stereocenters. The van der Waals surface area contributed by atoms with Crippen LogP contribution in [0.2, 0.25) is 0 Å². The smallest absolute Gasteiger partial charge is 0.309 e. The molecule has 2 aromatic carbocycles. The van der Waals surface area contributed by atoms with Crippen LogP contribution in [0.3, 0.4) is 0 Å². The number of carbonyl (C=O) groups excluding carboxylic acids is 2. The minimum Gasteiger partial charge on any atom is -0.507 e. The largest absolute Gasteiger partial charge is 0.507 e. The summed E-state index contributed by atoms with van der Waals surface area (Å²) in [4.78, 5) is 23.2. The zero-order chi connectivity index (χ0) is 24.0. The van der Waals surface area contributed by atoms with Crippen molar-refractivity contribution in [3.05, 3.63) is 53.1 Å². The number of benzene rings is 2. The Labute approximate surface area is 194 Å². The Morgan fingerprint density at radius 1 is 1.03 bits per heavy atom. The molecule has 0 radical (unpaired) electrons. The van der Waals surface area contributed by atoms with Gasteiger partial charge in [-0.2, -0.15) is 0 Å². The number of aliphatic hydroxyl groups excluding tert-OH is 1. The molecule has 0 saturated heterocycles. The second kappa shape index (κ2) is 11.2. The summed E-state index contributed by atoms with van der Waals surface area (Å²) < 4.78 is 16.9. The molecule has 0 spiro atoms. The third-order valence-corrected chi connectivity index (χ3v) is 5.92. The number of phenolic OH excluding ortho intramolecular Hbond substituents is 1. The van der Waals surface area contributed by atoms with Gasteiger partial charge in [0.1, 0.15) is 35.6 Å². The van der Waals surface area contributed by atoms with E-state index in [0.717, 1.165) is 18.4 Å². The fourth-order valence-corrected chi connectivity index (χ4v) is 4.12. The van der Waals surface area contributed by atoms with Crippen molar-refractivity contribution in [3.8, 4) is 17.2 Å². The third kappa shape index (κ3) is 6.05. The van der Waals surface area contributed by atoms with E-state index in [4.69, 9.17) is 9.47 Å². The summed E-state index contributed by atoms with van der Waals surface area (Å²) in [6.07, 6.45) is 1.86. The van der Waals surface area contributed by atoms with Crippen LogP contribution < -0.4 is 9.47 Å². The highest BCUT2D eigenvalue weighted by atomic mass is 16.5. The highest BCUT2D eigenvalue weighted by Crippen LogP contribution is 2.35. The molecule has 33 heavy (non-hydrogen) atoms. The highest BCUT2D eigenvalue weighted by Gasteiger charge is 2.35. The van der Waals surface area contributed by atoms with Crippen LogP contribution in [0.4, 0.5) is 0 Å². The molecule has 3 rings (SSSR count). The number of esters is 1. The van der Waals surface area contributed by atoms with Crippen molar-refractivity contribution < 1.29 is 34.0 Å². The quantitative estimate of drug-likeness (QED) is 0.434. The second-order valence-electron chi connectivity index (χ2n) is 8.38. The van der Waals surface area contributed by atoms with E-state index < -0.39 is 18.3 Å². The molecule has 178 valence electrons. The van der Waals surface area contributed by atoms with Crippen LogP contribution >= 0.6 is 0 Å². The van der Waals surface area contributed by atoms with Crippen molar-refractivity contribution in [2.75, 3.05) is 7.11 Å². The van der Waals surface area contributed by atoms with E-state index in [-0.39, 0.29) is 29.5 Å². The number of hydrogen-bond acceptors (Lipinski definition) is 7. The minimum atomic E-state index is -0.863. The Kier molecular flexibility index (Phi) is 8.33. The number of methoxy groups -OCH3 is 1. The van der Waals surface area contributed by atoms with Gasteiger partial charge >= 0.3 is 5.97 Å². The summed E-state index contributed by atoms with van der Waals surface area (Å²) >= 11 is 0. The Morgan fingerprint density at radius 3 is 2.30 bits per heavy atom. The SMILES string of the molecule is CCCc1c(O[C@@H]2CCC[C@@H](Oc3ccc(CC(=O)OC)cc3)[C@@H]2O)ccc(C(C)=O)c1O. The van der Waals surface area contributed by atoms with Crippen molar-refractivity contribution in [2.24, 2.45) is 0 Å². The number of hydrogen-bond donors (Lipinski definition) is 2. The molecule has 0 aromatic heterocycles. The van der Waals surface area contributed by atoms with E-state index in [9.17, 15) is 19.8 Å². The first-order valence-electron chi connectivity index (χ1n) is 11.4. The number of rotatable bonds is 9. The van der Waals surface area contributed by atoms with E-state index in [1.807, 2.05) is 6.92 Å². The van der Waals surface area contributed by atoms with Crippen LogP contribution in [-0.2, 0) is 22.4 Å². The van der Waals surface area contributed by atoms with Gasteiger partial charge in [0.25, 0.3) is 0 Å². The fourth-order valence-electron chi connectivity index (χ4n) is 4.12. The number of Topliss-reactive ketones (excluding diaryl/α,β-unsaturated/α-hetero) is 1. The van der Waals surface area contributed by atoms with Gasteiger partial charge in [0.2, 0.25) is 0 Å². The number of ketones is 1. The normalized spacial score (nSPS) is 20.2. The van der Waals surface area contributed by atoms with E-state index in [2.05, 4.69) is 4.74 Å². The van der Waals surface area contributed by atoms with Gasteiger partial charge in [-0.25, -0.2) is 0 Å². The molecule has 0 heterocycles. The van der Waals surface area contributed by atoms with Crippen molar-refractivity contribution in [1.82, 2.24) is 0 Å². The number of aliphatic hydroxyl groups is 1. The van der Waals surface area contributed by atoms with Gasteiger partial charge < -0.3 is 24.4 Å². The number of carbonyl (C=O) groups is 2. The Hall–Kier alpha value is -3.06. The maximum Gasteiger partial charge on any atom is 0.309 e. The molecule has 1 aliphatic rings. The van der Waals surface area contributed by atoms with Gasteiger partial charge in [-0.15, -0.1) is 0 Å². The molecule has 0 amide bonds. The first-order valence-corrected chi connectivity index (χ1v) is 11.4. The van der Waals surface area contributed by atoms with Crippen molar-refractivity contribution in [1.29, 1.82) is 0 Å². The highest BCUT2D eigenvalue weighted by molar-refractivity contribution is 5.97. The molecule has 7 heteroatoms. The standard InChI is InChI=1S/C26H32O7/c1-4-6-20-21(14-13-19(16(2)27)25(20)29)33-23-8-5-7-22(26(23)30)32-18-11-9-17(10-12-18)15-24(28)31-3/h9-14,22-23,26,29-30H,4-8,15H2,1-3H3/t22-,23-,26+/m1/s1. The molecule has 1 aliphatic carbocycles. The number of aromatic hydroxyl groups is 1. The average Bonchev–Trinajstić information content (AvgIpc) is 2.79. The second-order valence-corrected chi connectivity index (χ2v) is 8.38. The third-order valence-electron chi connectivity index (χ3n) is 5.92. The molecule has 2 N–H and O–H groups in total. The summed E-state index contributed by atoms with van der Waals surface area (Å²) in [6, 6.07) is 10.4. The predicted molar refractivity (Wildman–Crippen MR) is 123 cm³/mol. The molecule has 0 bridgehead atoms. The molecule has 1 fully saturated rings. The van der Waals surface area contributed by atoms with Gasteiger partial charge in [-0.05, 0) is 62.4 Å². The number of phenols is 1. The zero-order valence-electron chi connectivity index (χ0n) is 19.4. The zero-order valence-corrected chi connectivity index (χ0v) is 19.4. The maximum absolute atomic E-state index is 11.8. The average molecular weight is 457 g/mol. The Bertz CT molecular complexity index is 967. The minimum absolute atomic E-state index is 0.0491. The monoisotopic (exact) mass is 456 g/mol. The molecule has 0 aliphatic heterocycles. The molecule has 2 aromatic rings. The van der Waals surface area contributed by atoms with Crippen LogP contribution in [0, 0.1) is 0 Å². The van der Waals surface area contributed by atoms with Gasteiger partial charge in [0.05, 0.1) is 19.1 Å². The van der Waals surface area contributed by atoms with Gasteiger partial charge in [-0.1, -0.05) is 25.5 Å². The van der Waals surface area contributed by atoms with Crippen molar-refractivity contribution in [2.45, 2.75) is 70.7 Å². The van der Waals surface area contributed by atoms with Gasteiger partial charge in [-0.3, -0.25) is 9.59 Å². The summed E-state index contributed by atoms with van der Waals surface area (Å²) in [5.41, 5.74) is 1.67. The summed E-state index contributed by atoms with van der Waals surface area (Å²) in [7, 11) is 1.35. The lowest BCUT2D eigenvalue weighted by molar-refractivity contribution is -0.139. The first kappa shape index (κ1) is 24.6. The molecular formula is C26H32O7. The number of ether oxygens (including phenoxy) is 3. The van der Waals surface area contributed by atoms with E-state index >= 15 is 0 Å². The lowest BCUT2D eigenvalue weighted by Crippen LogP contribution is -2.47. The van der Waals surface area contributed by atoms with E-state index in [0.29, 0.717) is 36.3 Å². The summed E-state index contributed by atoms with van der Waals surface area (Å²) in [5, 5.41) is 21.6. The van der Waals surface area contributed by atoms with Gasteiger partial charge in [0.15, 0.2) is 5.78 Å². The van der Waals surface area contributed by atoms with Crippen LogP contribution in [0.25, 0.3) is 0 Å². The van der Waals surface area contributed by atoms with Crippen LogP contribution in [0.15, 0.2) is 36.4 Å². The van der Waals surface area contributed by atoms with E-state index in [1.165, 1.54) is 14.0 Å². The van der Waals surface area contributed by atoms with E-state index in [1.54, 1.807) is 36.4 Å². The topological polar surface area (TPSA) is 102 Å². The van der Waals surface area contributed by atoms with Crippen LogP contribution in [-0.4, -0.2) is 47.4 Å². The van der Waals surface area contributed by atoms with Crippen molar-refractivity contribution >= 4 is 11.8 Å². The predicted octanol–water partition coefficient (Wildman–Crippen LogP) is 4.00. The lowest BCUT2D eigenvalue weighted by Gasteiger charge is -2.35. The Balaban J connectivity index is 1.71. The Morgan fingerprint density at radius 2 is 1.70 bits per heavy atom. The first-order chi connectivity index (χ1) is 15.8. The molecule has 3 atom stereocenters. The van der Waals surface area contributed by atoms with Gasteiger partial charge in [0, 0.05) is 5.56 Å². The molecule has 1 saturated carbocycles. The molecule has 7 nitrogen and oxygen atoms in total. The fraction of sp³-hybridized carbons (Fsp3) is 0.462.